The van der Waals surface area contributed by atoms with Crippen LogP contribution in [-0.4, -0.2) is 23.8 Å². The van der Waals surface area contributed by atoms with Crippen molar-refractivity contribution < 1.29 is 4.74 Å². The van der Waals surface area contributed by atoms with Crippen molar-refractivity contribution in [2.45, 2.75) is 18.9 Å². The second-order valence-electron chi connectivity index (χ2n) is 4.73. The van der Waals surface area contributed by atoms with Crippen molar-refractivity contribution >= 4 is 10.9 Å². The number of nitrogens with zero attached hydrogens (tertiary/aromatic N) is 1. The Kier molecular flexibility index (Phi) is 2.77. The number of nitrogens with one attached hydrogen (secondary N) is 1. The van der Waals surface area contributed by atoms with Crippen molar-refractivity contribution in [2.24, 2.45) is 7.05 Å². The summed E-state index contributed by atoms with van der Waals surface area (Å²) < 4.78 is 8.14. The first-order valence-corrected chi connectivity index (χ1v) is 6.25. The van der Waals surface area contributed by atoms with Crippen molar-refractivity contribution in [2.75, 3.05) is 13.1 Å². The Morgan fingerprint density at radius 3 is 3.12 bits per heavy atom. The molecule has 3 nitrogen and oxygen atoms in total. The summed E-state index contributed by atoms with van der Waals surface area (Å²) in [6.45, 7) is 2.09. The second kappa shape index (κ2) is 4.41. The van der Waals surface area contributed by atoms with Gasteiger partial charge in [0.25, 0.3) is 0 Å². The van der Waals surface area contributed by atoms with Crippen LogP contribution in [0.3, 0.4) is 0 Å². The predicted molar refractivity (Wildman–Crippen MR) is 69.4 cm³/mol. The molecule has 1 atom stereocenters. The van der Waals surface area contributed by atoms with Gasteiger partial charge in [0.2, 0.25) is 0 Å². The van der Waals surface area contributed by atoms with E-state index in [1.807, 2.05) is 0 Å². The molecule has 0 saturated carbocycles. The number of aryl methyl sites for hydroxylation is 1. The lowest BCUT2D eigenvalue weighted by Gasteiger charge is -2.24. The molecule has 1 unspecified atom stereocenters. The Balaban J connectivity index is 1.82. The van der Waals surface area contributed by atoms with Gasteiger partial charge in [0.05, 0.1) is 5.52 Å². The van der Waals surface area contributed by atoms with Crippen molar-refractivity contribution in [1.82, 2.24) is 9.88 Å². The van der Waals surface area contributed by atoms with Crippen LogP contribution in [-0.2, 0) is 7.05 Å². The number of rotatable bonds is 2. The minimum Gasteiger partial charge on any atom is -0.489 e. The average Bonchev–Trinajstić information content (AvgIpc) is 2.73. The molecule has 2 aromatic rings. The van der Waals surface area contributed by atoms with E-state index in [2.05, 4.69) is 47.4 Å². The van der Waals surface area contributed by atoms with Gasteiger partial charge in [0.1, 0.15) is 11.9 Å². The first-order valence-electron chi connectivity index (χ1n) is 6.25. The van der Waals surface area contributed by atoms with E-state index < -0.39 is 0 Å². The molecule has 1 aliphatic heterocycles. The number of piperidine rings is 1. The predicted octanol–water partition coefficient (Wildman–Crippen LogP) is 2.31. The highest BCUT2D eigenvalue weighted by atomic mass is 16.5. The summed E-state index contributed by atoms with van der Waals surface area (Å²) in [6.07, 6.45) is 4.76. The molecule has 0 spiro atoms. The Labute approximate surface area is 101 Å². The van der Waals surface area contributed by atoms with E-state index in [0.717, 1.165) is 25.3 Å². The Morgan fingerprint density at radius 2 is 2.29 bits per heavy atom. The molecule has 1 aliphatic rings. The largest absolute Gasteiger partial charge is 0.489 e. The normalized spacial score (nSPS) is 20.6. The van der Waals surface area contributed by atoms with E-state index in [4.69, 9.17) is 4.74 Å². The molecule has 3 rings (SSSR count). The zero-order valence-corrected chi connectivity index (χ0v) is 10.1. The standard InChI is InChI=1S/C14H18N2O/c1-16-8-6-11-4-5-12(9-14(11)16)17-13-3-2-7-15-10-13/h4-6,8-9,13,15H,2-3,7,10H2,1H3. The molecular formula is C14H18N2O. The smallest absolute Gasteiger partial charge is 0.121 e. The summed E-state index contributed by atoms with van der Waals surface area (Å²) in [5, 5.41) is 4.63. The molecule has 90 valence electrons. The molecule has 1 aromatic heterocycles. The van der Waals surface area contributed by atoms with Gasteiger partial charge in [-0.25, -0.2) is 0 Å². The van der Waals surface area contributed by atoms with Gasteiger partial charge >= 0.3 is 0 Å². The number of ether oxygens (including phenoxy) is 1. The Morgan fingerprint density at radius 1 is 1.35 bits per heavy atom. The molecule has 17 heavy (non-hydrogen) atoms. The molecule has 2 heterocycles. The minimum absolute atomic E-state index is 0.321. The maximum Gasteiger partial charge on any atom is 0.121 e. The van der Waals surface area contributed by atoms with E-state index >= 15 is 0 Å². The maximum atomic E-state index is 6.01. The van der Waals surface area contributed by atoms with Crippen LogP contribution in [0, 0.1) is 0 Å². The summed E-state index contributed by atoms with van der Waals surface area (Å²) in [5.41, 5.74) is 1.23. The van der Waals surface area contributed by atoms with Gasteiger partial charge in [-0.15, -0.1) is 0 Å². The molecule has 1 fully saturated rings. The van der Waals surface area contributed by atoms with Gasteiger partial charge in [-0.05, 0) is 43.0 Å². The summed E-state index contributed by atoms with van der Waals surface area (Å²) >= 11 is 0. The summed E-state index contributed by atoms with van der Waals surface area (Å²) in [7, 11) is 2.06. The molecule has 0 aliphatic carbocycles. The van der Waals surface area contributed by atoms with Crippen LogP contribution in [0.5, 0.6) is 5.75 Å². The van der Waals surface area contributed by atoms with Crippen molar-refractivity contribution in [1.29, 1.82) is 0 Å². The summed E-state index contributed by atoms with van der Waals surface area (Å²) in [4.78, 5) is 0. The first kappa shape index (κ1) is 10.7. The topological polar surface area (TPSA) is 26.2 Å². The van der Waals surface area contributed by atoms with E-state index in [0.29, 0.717) is 6.10 Å². The highest BCUT2D eigenvalue weighted by Gasteiger charge is 2.14. The average molecular weight is 230 g/mol. The molecule has 0 radical (unpaired) electrons. The first-order chi connectivity index (χ1) is 8.33. The Bertz CT molecular complexity index is 512. The summed E-state index contributed by atoms with van der Waals surface area (Å²) in [6, 6.07) is 8.45. The third-order valence-electron chi connectivity index (χ3n) is 3.41. The fraction of sp³-hybridized carbons (Fsp3) is 0.429. The van der Waals surface area contributed by atoms with Crippen LogP contribution in [0.1, 0.15) is 12.8 Å². The van der Waals surface area contributed by atoms with Crippen molar-refractivity contribution in [3.05, 3.63) is 30.5 Å². The van der Waals surface area contributed by atoms with Crippen LogP contribution < -0.4 is 10.1 Å². The van der Waals surface area contributed by atoms with Crippen LogP contribution in [0.15, 0.2) is 30.5 Å². The maximum absolute atomic E-state index is 6.01. The van der Waals surface area contributed by atoms with E-state index in [-0.39, 0.29) is 0 Å². The van der Waals surface area contributed by atoms with Crippen molar-refractivity contribution in [3.63, 3.8) is 0 Å². The van der Waals surface area contributed by atoms with Gasteiger partial charge in [-0.2, -0.15) is 0 Å². The number of benzene rings is 1. The van der Waals surface area contributed by atoms with E-state index in [9.17, 15) is 0 Å². The highest BCUT2D eigenvalue weighted by Crippen LogP contribution is 2.23. The lowest BCUT2D eigenvalue weighted by molar-refractivity contribution is 0.167. The number of aromatic nitrogens is 1. The SMILES string of the molecule is Cn1ccc2ccc(OC3CCCNC3)cc21. The number of hydrogen-bond acceptors (Lipinski definition) is 2. The molecule has 3 heteroatoms. The Hall–Kier alpha value is -1.48. The van der Waals surface area contributed by atoms with Crippen LogP contribution in [0.2, 0.25) is 0 Å². The van der Waals surface area contributed by atoms with Gasteiger partial charge in [0, 0.05) is 25.9 Å². The third-order valence-corrected chi connectivity index (χ3v) is 3.41. The van der Waals surface area contributed by atoms with Gasteiger partial charge < -0.3 is 14.6 Å². The van der Waals surface area contributed by atoms with Gasteiger partial charge in [-0.3, -0.25) is 0 Å². The molecular weight excluding hydrogens is 212 g/mol. The van der Waals surface area contributed by atoms with Crippen molar-refractivity contribution in [3.8, 4) is 5.75 Å². The zero-order valence-electron chi connectivity index (χ0n) is 10.1. The van der Waals surface area contributed by atoms with Crippen LogP contribution >= 0.6 is 0 Å². The third kappa shape index (κ3) is 2.15. The molecule has 1 saturated heterocycles. The van der Waals surface area contributed by atoms with Crippen LogP contribution in [0.25, 0.3) is 10.9 Å². The molecule has 1 N–H and O–H groups in total. The fourth-order valence-corrected chi connectivity index (χ4v) is 2.43. The minimum atomic E-state index is 0.321. The summed E-state index contributed by atoms with van der Waals surface area (Å²) in [5.74, 6) is 0.980. The molecule has 0 amide bonds. The van der Waals surface area contributed by atoms with Crippen LogP contribution in [0.4, 0.5) is 0 Å². The molecule has 0 bridgehead atoms. The zero-order chi connectivity index (χ0) is 11.7. The lowest BCUT2D eigenvalue weighted by Crippen LogP contribution is -2.37. The fourth-order valence-electron chi connectivity index (χ4n) is 2.43. The lowest BCUT2D eigenvalue weighted by atomic mass is 10.1. The van der Waals surface area contributed by atoms with E-state index in [1.165, 1.54) is 17.3 Å². The monoisotopic (exact) mass is 230 g/mol. The second-order valence-corrected chi connectivity index (χ2v) is 4.73. The number of fused-ring (bicyclic) bond motifs is 1. The van der Waals surface area contributed by atoms with Gasteiger partial charge in [0.15, 0.2) is 0 Å². The highest BCUT2D eigenvalue weighted by molar-refractivity contribution is 5.81. The number of hydrogen-bond donors (Lipinski definition) is 1. The van der Waals surface area contributed by atoms with E-state index in [1.54, 1.807) is 0 Å². The molecule has 1 aromatic carbocycles. The van der Waals surface area contributed by atoms with Gasteiger partial charge in [-0.1, -0.05) is 0 Å². The quantitative estimate of drug-likeness (QED) is 0.856.